The molecule has 152 valence electrons. The summed E-state index contributed by atoms with van der Waals surface area (Å²) < 4.78 is 24.2. The third kappa shape index (κ3) is 4.56. The van der Waals surface area contributed by atoms with Gasteiger partial charge in [-0.15, -0.1) is 5.10 Å². The number of hydrogen-bond donors (Lipinski definition) is 2. The molecule has 2 aromatic carbocycles. The van der Waals surface area contributed by atoms with Crippen LogP contribution < -0.4 is 5.14 Å². The molecule has 1 heterocycles. The Labute approximate surface area is 169 Å². The maximum Gasteiger partial charge on any atom is 0.238 e. The second-order valence-corrected chi connectivity index (χ2v) is 8.40. The molecule has 0 saturated heterocycles. The molecule has 0 aliphatic rings. The zero-order valence-electron chi connectivity index (χ0n) is 16.3. The molecule has 0 amide bonds. The number of likely N-dealkylation sites (N-methyl/N-ethyl adjacent to an activating group) is 1. The summed E-state index contributed by atoms with van der Waals surface area (Å²) in [5.74, 6) is 0.318. The Morgan fingerprint density at radius 1 is 1.21 bits per heavy atom. The van der Waals surface area contributed by atoms with Gasteiger partial charge in [-0.2, -0.15) is 0 Å². The quantitative estimate of drug-likeness (QED) is 0.599. The van der Waals surface area contributed by atoms with Crippen molar-refractivity contribution in [2.24, 2.45) is 5.14 Å². The van der Waals surface area contributed by atoms with Gasteiger partial charge in [0.25, 0.3) is 0 Å². The van der Waals surface area contributed by atoms with Crippen molar-refractivity contribution < 1.29 is 13.2 Å². The van der Waals surface area contributed by atoms with E-state index in [1.807, 2.05) is 43.1 Å². The van der Waals surface area contributed by atoms with Crippen LogP contribution in [0.5, 0.6) is 0 Å². The first-order valence-electron chi connectivity index (χ1n) is 8.88. The number of sulfonamides is 1. The van der Waals surface area contributed by atoms with Gasteiger partial charge in [-0.3, -0.25) is 9.69 Å². The Hall–Kier alpha value is -2.95. The first-order chi connectivity index (χ1) is 13.7. The number of tetrazole rings is 1. The highest BCUT2D eigenvalue weighted by atomic mass is 32.2. The Morgan fingerprint density at radius 2 is 1.90 bits per heavy atom. The third-order valence-corrected chi connectivity index (χ3v) is 5.81. The molecule has 0 aliphatic heterocycles. The molecule has 1 aromatic heterocycles. The van der Waals surface area contributed by atoms with Crippen LogP contribution in [0.4, 0.5) is 0 Å². The molecule has 9 nitrogen and oxygen atoms in total. The first kappa shape index (κ1) is 20.8. The SMILES string of the molecule is CC(=O)C(C)N(C)Cc1ccc(-c2cccc(S(N)(=O)=O)c2-c2nnn[nH]2)cc1. The topological polar surface area (TPSA) is 135 Å². The van der Waals surface area contributed by atoms with Gasteiger partial charge in [-0.05, 0) is 54.1 Å². The number of carbonyl (C=O) groups is 1. The lowest BCUT2D eigenvalue weighted by atomic mass is 9.98. The van der Waals surface area contributed by atoms with Crippen LogP contribution in [0.15, 0.2) is 47.4 Å². The predicted octanol–water partition coefficient (Wildman–Crippen LogP) is 1.59. The Kier molecular flexibility index (Phi) is 5.87. The monoisotopic (exact) mass is 414 g/mol. The van der Waals surface area contributed by atoms with Crippen molar-refractivity contribution in [2.45, 2.75) is 31.3 Å². The van der Waals surface area contributed by atoms with E-state index in [1.165, 1.54) is 6.07 Å². The number of carbonyl (C=O) groups excluding carboxylic acids is 1. The van der Waals surface area contributed by atoms with Gasteiger partial charge in [0.1, 0.15) is 5.78 Å². The number of rotatable bonds is 7. The fourth-order valence-electron chi connectivity index (χ4n) is 3.04. The summed E-state index contributed by atoms with van der Waals surface area (Å²) in [6.07, 6.45) is 0. The van der Waals surface area contributed by atoms with Gasteiger partial charge >= 0.3 is 0 Å². The van der Waals surface area contributed by atoms with Gasteiger partial charge in [0.15, 0.2) is 5.82 Å². The average Bonchev–Trinajstić information content (AvgIpc) is 3.21. The van der Waals surface area contributed by atoms with Crippen molar-refractivity contribution >= 4 is 15.8 Å². The molecule has 0 radical (unpaired) electrons. The number of nitrogens with two attached hydrogens (primary N) is 1. The van der Waals surface area contributed by atoms with Gasteiger partial charge in [0, 0.05) is 12.1 Å². The minimum absolute atomic E-state index is 0.0624. The van der Waals surface area contributed by atoms with E-state index in [-0.39, 0.29) is 22.5 Å². The number of benzene rings is 2. The smallest absolute Gasteiger partial charge is 0.238 e. The number of aromatic amines is 1. The summed E-state index contributed by atoms with van der Waals surface area (Å²) in [4.78, 5) is 13.5. The van der Waals surface area contributed by atoms with E-state index in [0.717, 1.165) is 11.1 Å². The van der Waals surface area contributed by atoms with Crippen molar-refractivity contribution in [2.75, 3.05) is 7.05 Å². The van der Waals surface area contributed by atoms with Gasteiger partial charge in [-0.25, -0.2) is 18.7 Å². The van der Waals surface area contributed by atoms with Crippen LogP contribution in [0.25, 0.3) is 22.5 Å². The number of Topliss-reactive ketones (excluding diaryl/α,β-unsaturated/α-hetero) is 1. The van der Waals surface area contributed by atoms with Crippen LogP contribution in [-0.2, 0) is 21.4 Å². The standard InChI is InChI=1S/C19H22N6O3S/c1-12(13(2)26)25(3)11-14-7-9-15(10-8-14)16-5-4-6-17(29(20,27)28)18(16)19-21-23-24-22-19/h4-10,12H,11H2,1-3H3,(H2,20,27,28)(H,21,22,23,24). The Balaban J connectivity index is 2.01. The van der Waals surface area contributed by atoms with E-state index in [0.29, 0.717) is 17.7 Å². The molecule has 1 unspecified atom stereocenters. The van der Waals surface area contributed by atoms with Crippen LogP contribution in [-0.4, -0.2) is 52.8 Å². The maximum atomic E-state index is 12.1. The fourth-order valence-corrected chi connectivity index (χ4v) is 3.80. The molecule has 10 heteroatoms. The normalized spacial score (nSPS) is 12.9. The van der Waals surface area contributed by atoms with Crippen molar-refractivity contribution in [3.8, 4) is 22.5 Å². The highest BCUT2D eigenvalue weighted by molar-refractivity contribution is 7.89. The molecule has 0 fully saturated rings. The van der Waals surface area contributed by atoms with Crippen LogP contribution >= 0.6 is 0 Å². The molecular weight excluding hydrogens is 392 g/mol. The van der Waals surface area contributed by atoms with Gasteiger partial charge in [0.2, 0.25) is 10.0 Å². The number of hydrogen-bond acceptors (Lipinski definition) is 7. The summed E-state index contributed by atoms with van der Waals surface area (Å²) in [5.41, 5.74) is 2.75. The van der Waals surface area contributed by atoms with Gasteiger partial charge in [-0.1, -0.05) is 36.4 Å². The molecule has 0 aliphatic carbocycles. The summed E-state index contributed by atoms with van der Waals surface area (Å²) >= 11 is 0. The lowest BCUT2D eigenvalue weighted by Gasteiger charge is -2.22. The van der Waals surface area contributed by atoms with Crippen molar-refractivity contribution in [1.82, 2.24) is 25.5 Å². The van der Waals surface area contributed by atoms with E-state index >= 15 is 0 Å². The molecule has 3 aromatic rings. The number of nitrogens with zero attached hydrogens (tertiary/aromatic N) is 4. The lowest BCUT2D eigenvalue weighted by Crippen LogP contribution is -2.33. The number of nitrogens with one attached hydrogen (secondary N) is 1. The van der Waals surface area contributed by atoms with Crippen LogP contribution in [0.2, 0.25) is 0 Å². The van der Waals surface area contributed by atoms with Crippen molar-refractivity contribution in [3.05, 3.63) is 48.0 Å². The molecular formula is C19H22N6O3S. The zero-order chi connectivity index (χ0) is 21.2. The van der Waals surface area contributed by atoms with E-state index < -0.39 is 10.0 Å². The van der Waals surface area contributed by atoms with Crippen LogP contribution in [0.3, 0.4) is 0 Å². The fraction of sp³-hybridized carbons (Fsp3) is 0.263. The predicted molar refractivity (Wildman–Crippen MR) is 108 cm³/mol. The molecule has 3 N–H and O–H groups in total. The number of H-pyrrole nitrogens is 1. The van der Waals surface area contributed by atoms with E-state index in [9.17, 15) is 13.2 Å². The number of primary sulfonamides is 1. The lowest BCUT2D eigenvalue weighted by molar-refractivity contribution is -0.121. The summed E-state index contributed by atoms with van der Waals surface area (Å²) in [6, 6.07) is 12.3. The Bertz CT molecular complexity index is 1110. The second kappa shape index (κ2) is 8.19. The number of aromatic nitrogens is 4. The van der Waals surface area contributed by atoms with Crippen molar-refractivity contribution in [1.29, 1.82) is 0 Å². The molecule has 1 atom stereocenters. The zero-order valence-corrected chi connectivity index (χ0v) is 17.1. The van der Waals surface area contributed by atoms with Gasteiger partial charge < -0.3 is 0 Å². The van der Waals surface area contributed by atoms with E-state index in [4.69, 9.17) is 5.14 Å². The molecule has 3 rings (SSSR count). The minimum Gasteiger partial charge on any atom is -0.298 e. The Morgan fingerprint density at radius 3 is 2.45 bits per heavy atom. The van der Waals surface area contributed by atoms with Crippen molar-refractivity contribution in [3.63, 3.8) is 0 Å². The summed E-state index contributed by atoms with van der Waals surface area (Å²) in [7, 11) is -2.09. The highest BCUT2D eigenvalue weighted by Crippen LogP contribution is 2.34. The molecule has 29 heavy (non-hydrogen) atoms. The van der Waals surface area contributed by atoms with Crippen LogP contribution in [0, 0.1) is 0 Å². The molecule has 0 bridgehead atoms. The molecule has 0 spiro atoms. The van der Waals surface area contributed by atoms with E-state index in [2.05, 4.69) is 20.6 Å². The highest BCUT2D eigenvalue weighted by Gasteiger charge is 2.22. The summed E-state index contributed by atoms with van der Waals surface area (Å²) in [5, 5.41) is 19.0. The van der Waals surface area contributed by atoms with Gasteiger partial charge in [0.05, 0.1) is 10.9 Å². The maximum absolute atomic E-state index is 12.1. The number of ketones is 1. The largest absolute Gasteiger partial charge is 0.298 e. The second-order valence-electron chi connectivity index (χ2n) is 6.87. The summed E-state index contributed by atoms with van der Waals surface area (Å²) in [6.45, 7) is 4.05. The minimum atomic E-state index is -3.99. The average molecular weight is 414 g/mol. The third-order valence-electron chi connectivity index (χ3n) is 4.86. The van der Waals surface area contributed by atoms with Crippen LogP contribution in [0.1, 0.15) is 19.4 Å². The van der Waals surface area contributed by atoms with E-state index in [1.54, 1.807) is 19.1 Å². The molecule has 0 saturated carbocycles. The first-order valence-corrected chi connectivity index (χ1v) is 10.4.